The molecule has 0 spiro atoms. The highest BCUT2D eigenvalue weighted by Crippen LogP contribution is 2.37. The molecule has 0 radical (unpaired) electrons. The molecule has 2 amide bonds. The minimum Gasteiger partial charge on any atom is -0.496 e. The summed E-state index contributed by atoms with van der Waals surface area (Å²) in [6, 6.07) is 22.0. The molecule has 206 valence electrons. The molecule has 0 aromatic heterocycles. The monoisotopic (exact) mass is 529 g/mol. The first-order valence-corrected chi connectivity index (χ1v) is 13.4. The summed E-state index contributed by atoms with van der Waals surface area (Å²) >= 11 is 0. The fourth-order valence-electron chi connectivity index (χ4n) is 5.55. The van der Waals surface area contributed by atoms with E-state index in [1.54, 1.807) is 19.1 Å². The second-order valence-electron chi connectivity index (χ2n) is 10.3. The van der Waals surface area contributed by atoms with Gasteiger partial charge in [-0.1, -0.05) is 30.3 Å². The summed E-state index contributed by atoms with van der Waals surface area (Å²) in [6.45, 7) is 5.63. The van der Waals surface area contributed by atoms with Gasteiger partial charge in [0.1, 0.15) is 11.5 Å². The summed E-state index contributed by atoms with van der Waals surface area (Å²) in [5, 5.41) is 2.82. The van der Waals surface area contributed by atoms with Crippen molar-refractivity contribution in [2.45, 2.75) is 39.2 Å². The number of piperidine rings is 1. The van der Waals surface area contributed by atoms with E-state index >= 15 is 0 Å². The zero-order valence-electron chi connectivity index (χ0n) is 23.6. The fraction of sp³-hybridized carbons (Fsp3) is 0.375. The normalized spacial score (nSPS) is 14.4. The molecule has 1 saturated heterocycles. The number of benzene rings is 3. The number of hydrogen-bond acceptors (Lipinski definition) is 5. The van der Waals surface area contributed by atoms with Gasteiger partial charge in [0, 0.05) is 38.4 Å². The van der Waals surface area contributed by atoms with E-state index in [-0.39, 0.29) is 23.7 Å². The third kappa shape index (κ3) is 6.72. The highest BCUT2D eigenvalue weighted by atomic mass is 16.5. The summed E-state index contributed by atoms with van der Waals surface area (Å²) in [5.41, 5.74) is 4.88. The maximum atomic E-state index is 14.1. The van der Waals surface area contributed by atoms with Crippen molar-refractivity contribution in [1.29, 1.82) is 0 Å². The smallest absolute Gasteiger partial charge is 0.230 e. The van der Waals surface area contributed by atoms with E-state index in [2.05, 4.69) is 22.3 Å². The number of likely N-dealkylation sites (N-methyl/N-ethyl adjacent to an activating group) is 1. The molecule has 39 heavy (non-hydrogen) atoms. The Labute approximate surface area is 231 Å². The number of aryl methyl sites for hydroxylation is 1. The first kappa shape index (κ1) is 28.0. The molecule has 0 bridgehead atoms. The number of anilines is 2. The average molecular weight is 530 g/mol. The van der Waals surface area contributed by atoms with Gasteiger partial charge in [0.25, 0.3) is 0 Å². The molecule has 1 unspecified atom stereocenters. The molecule has 1 atom stereocenters. The number of ether oxygens (including phenoxy) is 2. The van der Waals surface area contributed by atoms with E-state index in [0.717, 1.165) is 65.5 Å². The molecule has 7 heteroatoms. The Kier molecular flexibility index (Phi) is 9.12. The van der Waals surface area contributed by atoms with Crippen molar-refractivity contribution < 1.29 is 19.1 Å². The number of hydrogen-bond donors (Lipinski definition) is 1. The Hall–Kier alpha value is -4.00. The molecule has 3 aromatic rings. The third-order valence-corrected chi connectivity index (χ3v) is 7.51. The van der Waals surface area contributed by atoms with E-state index in [4.69, 9.17) is 9.47 Å². The molecule has 0 saturated carbocycles. The van der Waals surface area contributed by atoms with Crippen molar-refractivity contribution in [3.63, 3.8) is 0 Å². The van der Waals surface area contributed by atoms with E-state index in [1.165, 1.54) is 6.92 Å². The van der Waals surface area contributed by atoms with Crippen molar-refractivity contribution in [2.75, 3.05) is 44.6 Å². The van der Waals surface area contributed by atoms with Gasteiger partial charge in [0.05, 0.1) is 32.2 Å². The van der Waals surface area contributed by atoms with Crippen LogP contribution in [0.25, 0.3) is 0 Å². The number of carbonyl (C=O) groups excluding carboxylic acids is 2. The number of nitrogens with zero attached hydrogens (tertiary/aromatic N) is 2. The van der Waals surface area contributed by atoms with E-state index in [0.29, 0.717) is 6.54 Å². The maximum Gasteiger partial charge on any atom is 0.230 e. The topological polar surface area (TPSA) is 71.1 Å². The highest BCUT2D eigenvalue weighted by Gasteiger charge is 2.35. The van der Waals surface area contributed by atoms with Crippen LogP contribution in [-0.2, 0) is 16.1 Å². The summed E-state index contributed by atoms with van der Waals surface area (Å²) in [5.74, 6) is 1.46. The lowest BCUT2D eigenvalue weighted by Crippen LogP contribution is -2.41. The molecular formula is C32H39N3O4. The van der Waals surface area contributed by atoms with Gasteiger partial charge in [-0.05, 0) is 73.2 Å². The zero-order valence-corrected chi connectivity index (χ0v) is 23.6. The molecule has 4 rings (SSSR count). The molecule has 1 fully saturated rings. The molecule has 7 nitrogen and oxygen atoms in total. The minimum atomic E-state index is -0.233. The summed E-state index contributed by atoms with van der Waals surface area (Å²) in [7, 11) is 5.16. The number of methoxy groups -OCH3 is 2. The van der Waals surface area contributed by atoms with Crippen LogP contribution in [0, 0.1) is 12.8 Å². The largest absolute Gasteiger partial charge is 0.496 e. The molecule has 0 aliphatic carbocycles. The Morgan fingerprint density at radius 3 is 2.10 bits per heavy atom. The van der Waals surface area contributed by atoms with Gasteiger partial charge in [0.15, 0.2) is 0 Å². The van der Waals surface area contributed by atoms with Crippen LogP contribution in [0.5, 0.6) is 11.5 Å². The second-order valence-corrected chi connectivity index (χ2v) is 10.3. The predicted molar refractivity (Wildman–Crippen MR) is 156 cm³/mol. The van der Waals surface area contributed by atoms with Crippen LogP contribution in [-0.4, -0.2) is 51.1 Å². The zero-order chi connectivity index (χ0) is 27.9. The average Bonchev–Trinajstić information content (AvgIpc) is 2.94. The molecular weight excluding hydrogens is 490 g/mol. The summed E-state index contributed by atoms with van der Waals surface area (Å²) in [6.07, 6.45) is 1.81. The lowest BCUT2D eigenvalue weighted by molar-refractivity contribution is -0.133. The quantitative estimate of drug-likeness (QED) is 0.389. The summed E-state index contributed by atoms with van der Waals surface area (Å²) in [4.78, 5) is 29.6. The van der Waals surface area contributed by atoms with Crippen LogP contribution in [0.2, 0.25) is 0 Å². The van der Waals surface area contributed by atoms with E-state index in [1.807, 2.05) is 68.6 Å². The third-order valence-electron chi connectivity index (χ3n) is 7.51. The molecule has 1 N–H and O–H groups in total. The minimum absolute atomic E-state index is 0.0792. The lowest BCUT2D eigenvalue weighted by atomic mass is 9.79. The van der Waals surface area contributed by atoms with Gasteiger partial charge >= 0.3 is 0 Å². The number of carbonyl (C=O) groups is 2. The van der Waals surface area contributed by atoms with Crippen LogP contribution < -0.4 is 19.7 Å². The Morgan fingerprint density at radius 1 is 0.974 bits per heavy atom. The van der Waals surface area contributed by atoms with Gasteiger partial charge in [0.2, 0.25) is 11.8 Å². The van der Waals surface area contributed by atoms with E-state index in [9.17, 15) is 9.59 Å². The van der Waals surface area contributed by atoms with Crippen LogP contribution in [0.4, 0.5) is 11.4 Å². The Bertz CT molecular complexity index is 1240. The fourth-order valence-corrected chi connectivity index (χ4v) is 5.55. The molecule has 1 aliphatic rings. The number of amides is 2. The Morgan fingerprint density at radius 2 is 1.56 bits per heavy atom. The molecule has 1 aliphatic heterocycles. The number of rotatable bonds is 9. The first-order valence-electron chi connectivity index (χ1n) is 13.4. The van der Waals surface area contributed by atoms with Gasteiger partial charge in [-0.15, -0.1) is 0 Å². The standard InChI is InChI=1S/C32H39N3O4/c1-22-19-29(38-4)28(30(20-22)39-5)21-34(3)32(37)31(24-9-7-6-8-10-24)25-15-17-35(18-16-25)27-13-11-26(12-14-27)33-23(2)36/h6-14,19-20,25,31H,15-18,21H2,1-5H3,(H,33,36). The second kappa shape index (κ2) is 12.7. The first-order chi connectivity index (χ1) is 18.8. The lowest BCUT2D eigenvalue weighted by Gasteiger charge is -2.38. The highest BCUT2D eigenvalue weighted by molar-refractivity contribution is 5.88. The van der Waals surface area contributed by atoms with Crippen molar-refractivity contribution in [3.8, 4) is 11.5 Å². The van der Waals surface area contributed by atoms with Crippen molar-refractivity contribution in [3.05, 3.63) is 83.4 Å². The van der Waals surface area contributed by atoms with Crippen LogP contribution in [0.15, 0.2) is 66.7 Å². The van der Waals surface area contributed by atoms with Crippen molar-refractivity contribution >= 4 is 23.2 Å². The van der Waals surface area contributed by atoms with Gasteiger partial charge in [-0.2, -0.15) is 0 Å². The van der Waals surface area contributed by atoms with Crippen molar-refractivity contribution in [1.82, 2.24) is 4.90 Å². The van der Waals surface area contributed by atoms with Crippen LogP contribution in [0.1, 0.15) is 42.4 Å². The molecule has 3 aromatic carbocycles. The number of nitrogens with one attached hydrogen (secondary N) is 1. The van der Waals surface area contributed by atoms with Crippen molar-refractivity contribution in [2.24, 2.45) is 5.92 Å². The van der Waals surface area contributed by atoms with E-state index < -0.39 is 0 Å². The predicted octanol–water partition coefficient (Wildman–Crippen LogP) is 5.63. The van der Waals surface area contributed by atoms with Gasteiger partial charge in [-0.3, -0.25) is 9.59 Å². The van der Waals surface area contributed by atoms with Gasteiger partial charge < -0.3 is 24.6 Å². The Balaban J connectivity index is 1.51. The van der Waals surface area contributed by atoms with Crippen LogP contribution in [0.3, 0.4) is 0 Å². The summed E-state index contributed by atoms with van der Waals surface area (Å²) < 4.78 is 11.3. The molecule has 1 heterocycles. The SMILES string of the molecule is COc1cc(C)cc(OC)c1CN(C)C(=O)C(c1ccccc1)C1CCN(c2ccc(NC(C)=O)cc2)CC1. The van der Waals surface area contributed by atoms with Gasteiger partial charge in [-0.25, -0.2) is 0 Å². The maximum absolute atomic E-state index is 14.1. The van der Waals surface area contributed by atoms with Crippen LogP contribution >= 0.6 is 0 Å².